The standard InChI is InChI=1S/C24H31ClN2O2/c1-17(2)15-26-24(29)19(4)27(16-20-9-7-8-18(3)14-20)23(28)13-12-21-10-5-6-11-22(21)25/h5-11,14,17,19H,12-13,15-16H2,1-4H3,(H,26,29)/t19-/m0/s1. The third-order valence-corrected chi connectivity index (χ3v) is 5.22. The van der Waals surface area contributed by atoms with Crippen LogP contribution in [-0.2, 0) is 22.6 Å². The molecule has 1 N–H and O–H groups in total. The molecular formula is C24H31ClN2O2. The molecule has 0 fully saturated rings. The van der Waals surface area contributed by atoms with E-state index < -0.39 is 6.04 Å². The molecule has 0 saturated heterocycles. The molecule has 2 rings (SSSR count). The number of rotatable bonds is 9. The Labute approximate surface area is 179 Å². The van der Waals surface area contributed by atoms with Gasteiger partial charge in [0.1, 0.15) is 6.04 Å². The van der Waals surface area contributed by atoms with Gasteiger partial charge in [-0.25, -0.2) is 0 Å². The predicted molar refractivity (Wildman–Crippen MR) is 119 cm³/mol. The van der Waals surface area contributed by atoms with Gasteiger partial charge >= 0.3 is 0 Å². The van der Waals surface area contributed by atoms with Gasteiger partial charge in [-0.05, 0) is 43.4 Å². The van der Waals surface area contributed by atoms with E-state index in [2.05, 4.69) is 5.32 Å². The minimum absolute atomic E-state index is 0.0568. The van der Waals surface area contributed by atoms with E-state index in [1.807, 2.05) is 69.3 Å². The van der Waals surface area contributed by atoms with Crippen LogP contribution in [0.2, 0.25) is 5.02 Å². The second-order valence-corrected chi connectivity index (χ2v) is 8.32. The Morgan fingerprint density at radius 3 is 2.45 bits per heavy atom. The largest absolute Gasteiger partial charge is 0.354 e. The molecule has 2 amide bonds. The number of amides is 2. The second-order valence-electron chi connectivity index (χ2n) is 7.92. The molecule has 1 atom stereocenters. The smallest absolute Gasteiger partial charge is 0.242 e. The van der Waals surface area contributed by atoms with Crippen LogP contribution >= 0.6 is 11.6 Å². The monoisotopic (exact) mass is 414 g/mol. The van der Waals surface area contributed by atoms with E-state index in [9.17, 15) is 9.59 Å². The Morgan fingerprint density at radius 2 is 1.79 bits per heavy atom. The van der Waals surface area contributed by atoms with Crippen molar-refractivity contribution in [1.29, 1.82) is 0 Å². The molecule has 0 bridgehead atoms. The van der Waals surface area contributed by atoms with E-state index in [0.29, 0.717) is 36.9 Å². The number of nitrogens with one attached hydrogen (secondary N) is 1. The first kappa shape index (κ1) is 23.0. The molecule has 0 saturated carbocycles. The van der Waals surface area contributed by atoms with Gasteiger partial charge in [0.2, 0.25) is 11.8 Å². The zero-order chi connectivity index (χ0) is 21.4. The topological polar surface area (TPSA) is 49.4 Å². The van der Waals surface area contributed by atoms with Gasteiger partial charge in [0.05, 0.1) is 0 Å². The van der Waals surface area contributed by atoms with Crippen molar-refractivity contribution in [2.24, 2.45) is 5.92 Å². The molecule has 0 radical (unpaired) electrons. The van der Waals surface area contributed by atoms with Crippen molar-refractivity contribution in [3.8, 4) is 0 Å². The lowest BCUT2D eigenvalue weighted by Crippen LogP contribution is -2.48. The fraction of sp³-hybridized carbons (Fsp3) is 0.417. The number of halogens is 1. The van der Waals surface area contributed by atoms with Gasteiger partial charge in [-0.2, -0.15) is 0 Å². The summed E-state index contributed by atoms with van der Waals surface area (Å²) in [5.74, 6) is 0.170. The molecule has 0 aromatic heterocycles. The molecule has 0 unspecified atom stereocenters. The van der Waals surface area contributed by atoms with Crippen LogP contribution in [0.25, 0.3) is 0 Å². The number of hydrogen-bond donors (Lipinski definition) is 1. The van der Waals surface area contributed by atoms with Gasteiger partial charge in [-0.3, -0.25) is 9.59 Å². The van der Waals surface area contributed by atoms with Gasteiger partial charge in [0.15, 0.2) is 0 Å². The zero-order valence-electron chi connectivity index (χ0n) is 17.7. The summed E-state index contributed by atoms with van der Waals surface area (Å²) in [6.45, 7) is 8.90. The molecule has 29 heavy (non-hydrogen) atoms. The van der Waals surface area contributed by atoms with Gasteiger partial charge < -0.3 is 10.2 Å². The molecule has 0 heterocycles. The van der Waals surface area contributed by atoms with Crippen LogP contribution in [0.1, 0.15) is 43.9 Å². The third kappa shape index (κ3) is 7.21. The Bertz CT molecular complexity index is 835. The first-order valence-corrected chi connectivity index (χ1v) is 10.5. The maximum atomic E-state index is 13.1. The fourth-order valence-electron chi connectivity index (χ4n) is 3.13. The highest BCUT2D eigenvalue weighted by molar-refractivity contribution is 6.31. The number of nitrogens with zero attached hydrogens (tertiary/aromatic N) is 1. The Balaban J connectivity index is 2.14. The zero-order valence-corrected chi connectivity index (χ0v) is 18.5. The first-order chi connectivity index (χ1) is 13.8. The van der Waals surface area contributed by atoms with E-state index in [-0.39, 0.29) is 11.8 Å². The van der Waals surface area contributed by atoms with Crippen molar-refractivity contribution in [3.05, 3.63) is 70.2 Å². The van der Waals surface area contributed by atoms with Crippen molar-refractivity contribution < 1.29 is 9.59 Å². The van der Waals surface area contributed by atoms with Crippen molar-refractivity contribution in [2.45, 2.75) is 53.1 Å². The number of hydrogen-bond acceptors (Lipinski definition) is 2. The Morgan fingerprint density at radius 1 is 1.07 bits per heavy atom. The average molecular weight is 415 g/mol. The molecule has 156 valence electrons. The molecule has 4 nitrogen and oxygen atoms in total. The molecule has 5 heteroatoms. The molecule has 2 aromatic rings. The van der Waals surface area contributed by atoms with Crippen LogP contribution in [0.5, 0.6) is 0 Å². The molecule has 0 aliphatic carbocycles. The van der Waals surface area contributed by atoms with E-state index in [4.69, 9.17) is 11.6 Å². The summed E-state index contributed by atoms with van der Waals surface area (Å²) in [7, 11) is 0. The SMILES string of the molecule is Cc1cccc(CN(C(=O)CCc2ccccc2Cl)[C@@H](C)C(=O)NCC(C)C)c1. The lowest BCUT2D eigenvalue weighted by Gasteiger charge is -2.29. The van der Waals surface area contributed by atoms with Crippen LogP contribution in [0.3, 0.4) is 0 Å². The van der Waals surface area contributed by atoms with Crippen molar-refractivity contribution in [1.82, 2.24) is 10.2 Å². The minimum Gasteiger partial charge on any atom is -0.354 e. The summed E-state index contributed by atoms with van der Waals surface area (Å²) in [5.41, 5.74) is 3.08. The van der Waals surface area contributed by atoms with E-state index in [1.54, 1.807) is 11.8 Å². The van der Waals surface area contributed by atoms with Crippen molar-refractivity contribution >= 4 is 23.4 Å². The van der Waals surface area contributed by atoms with Crippen LogP contribution in [0.4, 0.5) is 0 Å². The molecule has 2 aromatic carbocycles. The second kappa shape index (κ2) is 11.0. The summed E-state index contributed by atoms with van der Waals surface area (Å²) >= 11 is 6.23. The van der Waals surface area contributed by atoms with Crippen LogP contribution in [-0.4, -0.2) is 29.3 Å². The van der Waals surface area contributed by atoms with Crippen LogP contribution in [0.15, 0.2) is 48.5 Å². The number of carbonyl (C=O) groups excluding carboxylic acids is 2. The van der Waals surface area contributed by atoms with Crippen molar-refractivity contribution in [2.75, 3.05) is 6.54 Å². The summed E-state index contributed by atoms with van der Waals surface area (Å²) in [6, 6.07) is 15.0. The highest BCUT2D eigenvalue weighted by atomic mass is 35.5. The number of carbonyl (C=O) groups is 2. The lowest BCUT2D eigenvalue weighted by molar-refractivity contribution is -0.140. The molecular weight excluding hydrogens is 384 g/mol. The van der Waals surface area contributed by atoms with Gasteiger partial charge in [-0.1, -0.05) is 73.5 Å². The van der Waals surface area contributed by atoms with Gasteiger partial charge in [0.25, 0.3) is 0 Å². The average Bonchev–Trinajstić information content (AvgIpc) is 2.69. The minimum atomic E-state index is -0.548. The Hall–Kier alpha value is -2.33. The third-order valence-electron chi connectivity index (χ3n) is 4.85. The maximum Gasteiger partial charge on any atom is 0.242 e. The molecule has 0 aliphatic heterocycles. The first-order valence-electron chi connectivity index (χ1n) is 10.1. The highest BCUT2D eigenvalue weighted by Crippen LogP contribution is 2.18. The Kier molecular flexibility index (Phi) is 8.71. The quantitative estimate of drug-likeness (QED) is 0.642. The van der Waals surface area contributed by atoms with Crippen LogP contribution in [0, 0.1) is 12.8 Å². The summed E-state index contributed by atoms with van der Waals surface area (Å²) in [4.78, 5) is 27.4. The van der Waals surface area contributed by atoms with E-state index >= 15 is 0 Å². The van der Waals surface area contributed by atoms with E-state index in [1.165, 1.54) is 0 Å². The number of benzene rings is 2. The molecule has 0 spiro atoms. The number of aryl methyl sites for hydroxylation is 2. The lowest BCUT2D eigenvalue weighted by atomic mass is 10.1. The summed E-state index contributed by atoms with van der Waals surface area (Å²) < 4.78 is 0. The fourth-order valence-corrected chi connectivity index (χ4v) is 3.36. The maximum absolute atomic E-state index is 13.1. The van der Waals surface area contributed by atoms with E-state index in [0.717, 1.165) is 16.7 Å². The molecule has 0 aliphatic rings. The highest BCUT2D eigenvalue weighted by Gasteiger charge is 2.26. The summed E-state index contributed by atoms with van der Waals surface area (Å²) in [5, 5.41) is 3.60. The summed E-state index contributed by atoms with van der Waals surface area (Å²) in [6.07, 6.45) is 0.848. The van der Waals surface area contributed by atoms with Gasteiger partial charge in [0, 0.05) is 24.5 Å². The predicted octanol–water partition coefficient (Wildman–Crippen LogP) is 4.77. The normalized spacial score (nSPS) is 11.9. The van der Waals surface area contributed by atoms with Gasteiger partial charge in [-0.15, -0.1) is 0 Å². The van der Waals surface area contributed by atoms with Crippen molar-refractivity contribution in [3.63, 3.8) is 0 Å². The van der Waals surface area contributed by atoms with Crippen LogP contribution < -0.4 is 5.32 Å².